The van der Waals surface area contributed by atoms with E-state index in [0.29, 0.717) is 41.7 Å². The zero-order chi connectivity index (χ0) is 29.4. The lowest BCUT2D eigenvalue weighted by molar-refractivity contribution is -0.384. The molecule has 0 spiro atoms. The monoisotopic (exact) mass is 559 g/mol. The molecule has 0 aliphatic rings. The van der Waals surface area contributed by atoms with E-state index in [-0.39, 0.29) is 10.6 Å². The summed E-state index contributed by atoms with van der Waals surface area (Å²) in [5, 5.41) is 17.6. The highest BCUT2D eigenvalue weighted by Gasteiger charge is 2.20. The molecule has 0 radical (unpaired) electrons. The Balaban J connectivity index is 1.90. The van der Waals surface area contributed by atoms with E-state index < -0.39 is 5.97 Å². The van der Waals surface area contributed by atoms with Crippen molar-refractivity contribution in [3.05, 3.63) is 81.9 Å². The van der Waals surface area contributed by atoms with Gasteiger partial charge >= 0.3 is 5.97 Å². The molecule has 0 fully saturated rings. The lowest BCUT2D eigenvalue weighted by atomic mass is 9.98. The van der Waals surface area contributed by atoms with Gasteiger partial charge in [-0.3, -0.25) is 10.1 Å². The van der Waals surface area contributed by atoms with Crippen LogP contribution in [0.4, 0.5) is 5.69 Å². The van der Waals surface area contributed by atoms with E-state index in [1.807, 2.05) is 48.5 Å². The number of carbonyl (C=O) groups excluding carboxylic acids is 1. The second-order valence-electron chi connectivity index (χ2n) is 10.1. The van der Waals surface area contributed by atoms with Crippen LogP contribution in [0.3, 0.4) is 0 Å². The molecule has 3 aromatic carbocycles. The summed E-state index contributed by atoms with van der Waals surface area (Å²) in [6.45, 7) is 7.26. The van der Waals surface area contributed by atoms with Gasteiger partial charge in [0.25, 0.3) is 5.69 Å². The van der Waals surface area contributed by atoms with E-state index >= 15 is 0 Å². The summed E-state index contributed by atoms with van der Waals surface area (Å²) in [5.41, 5.74) is 3.70. The zero-order valence-electron chi connectivity index (χ0n) is 24.1. The SMILES string of the molecule is CCCCC(CC)Cn1c2ccc(C(=NOC(C)=O)c3ccccc3OCCOC)cc2c2cc([N+](=O)[O-])ccc21. The first-order chi connectivity index (χ1) is 19.9. The Hall–Kier alpha value is -4.24. The van der Waals surface area contributed by atoms with E-state index in [1.54, 1.807) is 19.2 Å². The Bertz CT molecular complexity index is 1560. The molecule has 4 rings (SSSR count). The molecule has 216 valence electrons. The predicted octanol–water partition coefficient (Wildman–Crippen LogP) is 7.26. The topological polar surface area (TPSA) is 105 Å². The molecule has 0 saturated carbocycles. The molecule has 1 heterocycles. The number of nitrogens with zero attached hydrogens (tertiary/aromatic N) is 3. The molecule has 1 atom stereocenters. The van der Waals surface area contributed by atoms with Crippen LogP contribution in [-0.4, -0.2) is 41.5 Å². The number of benzene rings is 3. The van der Waals surface area contributed by atoms with Crippen molar-refractivity contribution in [1.29, 1.82) is 0 Å². The Labute approximate surface area is 239 Å². The van der Waals surface area contributed by atoms with Crippen molar-refractivity contribution in [1.82, 2.24) is 4.57 Å². The quantitative estimate of drug-likeness (QED) is 0.0529. The van der Waals surface area contributed by atoms with E-state index in [9.17, 15) is 14.9 Å². The molecular weight excluding hydrogens is 522 g/mol. The molecule has 41 heavy (non-hydrogen) atoms. The number of nitro groups is 1. The van der Waals surface area contributed by atoms with Crippen LogP contribution in [0.15, 0.2) is 65.8 Å². The summed E-state index contributed by atoms with van der Waals surface area (Å²) >= 11 is 0. The van der Waals surface area contributed by atoms with Crippen LogP contribution in [0.2, 0.25) is 0 Å². The molecule has 9 nitrogen and oxygen atoms in total. The van der Waals surface area contributed by atoms with Gasteiger partial charge in [0.2, 0.25) is 0 Å². The number of oxime groups is 1. The molecular formula is C32H37N3O6. The van der Waals surface area contributed by atoms with Crippen molar-refractivity contribution in [3.63, 3.8) is 0 Å². The van der Waals surface area contributed by atoms with Gasteiger partial charge in [-0.1, -0.05) is 56.5 Å². The number of para-hydroxylation sites is 1. The van der Waals surface area contributed by atoms with Crippen LogP contribution in [0.25, 0.3) is 21.8 Å². The summed E-state index contributed by atoms with van der Waals surface area (Å²) in [6, 6.07) is 18.3. The minimum Gasteiger partial charge on any atom is -0.490 e. The van der Waals surface area contributed by atoms with Crippen LogP contribution in [-0.2, 0) is 20.9 Å². The van der Waals surface area contributed by atoms with Crippen LogP contribution in [0.5, 0.6) is 5.75 Å². The van der Waals surface area contributed by atoms with Crippen molar-refractivity contribution in [2.24, 2.45) is 11.1 Å². The number of rotatable bonds is 14. The minimum atomic E-state index is -0.550. The number of methoxy groups -OCH3 is 1. The van der Waals surface area contributed by atoms with Crippen molar-refractivity contribution in [2.75, 3.05) is 20.3 Å². The van der Waals surface area contributed by atoms with Gasteiger partial charge in [0.15, 0.2) is 0 Å². The molecule has 1 unspecified atom stereocenters. The average molecular weight is 560 g/mol. The molecule has 1 aromatic heterocycles. The molecule has 0 aliphatic carbocycles. The molecule has 9 heteroatoms. The van der Waals surface area contributed by atoms with E-state index in [4.69, 9.17) is 14.3 Å². The number of hydrogen-bond donors (Lipinski definition) is 0. The maximum Gasteiger partial charge on any atom is 0.332 e. The molecule has 0 N–H and O–H groups in total. The van der Waals surface area contributed by atoms with Crippen molar-refractivity contribution in [3.8, 4) is 5.75 Å². The Morgan fingerprint density at radius 1 is 1.02 bits per heavy atom. The smallest absolute Gasteiger partial charge is 0.332 e. The number of hydrogen-bond acceptors (Lipinski definition) is 7. The fourth-order valence-electron chi connectivity index (χ4n) is 5.12. The molecule has 4 aromatic rings. The second kappa shape index (κ2) is 13.9. The van der Waals surface area contributed by atoms with Gasteiger partial charge in [-0.15, -0.1) is 0 Å². The zero-order valence-corrected chi connectivity index (χ0v) is 24.1. The molecule has 0 bridgehead atoms. The maximum atomic E-state index is 11.8. The predicted molar refractivity (Wildman–Crippen MR) is 161 cm³/mol. The standard InChI is InChI=1S/C32H37N3O6/c1-5-7-10-23(6-2)21-34-29-15-13-24(19-27(29)28-20-25(35(37)38)14-16-30(28)34)32(33-41-22(3)36)26-11-8-9-12-31(26)40-18-17-39-4/h8-9,11-16,19-20,23H,5-7,10,17-18,21H2,1-4H3. The van der Waals surface area contributed by atoms with Crippen molar-refractivity contribution >= 4 is 39.2 Å². The van der Waals surface area contributed by atoms with Crippen LogP contribution in [0.1, 0.15) is 57.6 Å². The van der Waals surface area contributed by atoms with Crippen LogP contribution < -0.4 is 4.74 Å². The number of non-ortho nitro benzene ring substituents is 1. The number of aromatic nitrogens is 1. The Morgan fingerprint density at radius 3 is 2.44 bits per heavy atom. The molecule has 0 aliphatic heterocycles. The summed E-state index contributed by atoms with van der Waals surface area (Å²) in [6.07, 6.45) is 4.47. The molecule has 0 amide bonds. The summed E-state index contributed by atoms with van der Waals surface area (Å²) in [4.78, 5) is 28.2. The highest BCUT2D eigenvalue weighted by Crippen LogP contribution is 2.35. The number of carbonyl (C=O) groups is 1. The third-order valence-corrected chi connectivity index (χ3v) is 7.27. The molecule has 0 saturated heterocycles. The van der Waals surface area contributed by atoms with Gasteiger partial charge in [-0.25, -0.2) is 4.79 Å². The lowest BCUT2D eigenvalue weighted by Crippen LogP contribution is -2.11. The van der Waals surface area contributed by atoms with Gasteiger partial charge in [0.05, 0.1) is 11.5 Å². The second-order valence-corrected chi connectivity index (χ2v) is 10.1. The highest BCUT2D eigenvalue weighted by atomic mass is 16.7. The summed E-state index contributed by atoms with van der Waals surface area (Å²) in [5.74, 6) is 0.502. The van der Waals surface area contributed by atoms with Gasteiger partial charge in [-0.2, -0.15) is 0 Å². The third kappa shape index (κ3) is 6.92. The van der Waals surface area contributed by atoms with Crippen molar-refractivity contribution < 1.29 is 24.0 Å². The van der Waals surface area contributed by atoms with Gasteiger partial charge in [0.1, 0.15) is 18.1 Å². The fourth-order valence-corrected chi connectivity index (χ4v) is 5.12. The van der Waals surface area contributed by atoms with Gasteiger partial charge < -0.3 is 18.9 Å². The van der Waals surface area contributed by atoms with E-state index in [2.05, 4.69) is 23.6 Å². The van der Waals surface area contributed by atoms with Crippen LogP contribution in [0, 0.1) is 16.0 Å². The minimum absolute atomic E-state index is 0.0330. The first-order valence-electron chi connectivity index (χ1n) is 14.0. The van der Waals surface area contributed by atoms with Gasteiger partial charge in [-0.05, 0) is 42.7 Å². The highest BCUT2D eigenvalue weighted by molar-refractivity contribution is 6.18. The van der Waals surface area contributed by atoms with Crippen molar-refractivity contribution in [2.45, 2.75) is 53.0 Å². The van der Waals surface area contributed by atoms with E-state index in [1.165, 1.54) is 6.92 Å². The fraction of sp³-hybridized carbons (Fsp3) is 0.375. The summed E-state index contributed by atoms with van der Waals surface area (Å²) in [7, 11) is 1.60. The number of unbranched alkanes of at least 4 members (excludes halogenated alkanes) is 1. The number of fused-ring (bicyclic) bond motifs is 3. The maximum absolute atomic E-state index is 11.8. The average Bonchev–Trinajstić information content (AvgIpc) is 3.28. The lowest BCUT2D eigenvalue weighted by Gasteiger charge is -2.17. The van der Waals surface area contributed by atoms with Gasteiger partial charge in [0, 0.05) is 65.6 Å². The van der Waals surface area contributed by atoms with E-state index in [0.717, 1.165) is 54.0 Å². The number of ether oxygens (including phenoxy) is 2. The first kappa shape index (κ1) is 29.7. The normalized spacial score (nSPS) is 12.5. The Morgan fingerprint density at radius 2 is 1.76 bits per heavy atom. The largest absolute Gasteiger partial charge is 0.490 e. The van der Waals surface area contributed by atoms with Crippen LogP contribution >= 0.6 is 0 Å². The number of nitro benzene ring substituents is 1. The summed E-state index contributed by atoms with van der Waals surface area (Å²) < 4.78 is 13.4. The third-order valence-electron chi connectivity index (χ3n) is 7.27. The first-order valence-corrected chi connectivity index (χ1v) is 14.0. The Kier molecular flexibility index (Phi) is 10.1.